The molecule has 0 aliphatic carbocycles. The minimum absolute atomic E-state index is 0.187. The zero-order valence-electron chi connectivity index (χ0n) is 21.0. The first-order valence-electron chi connectivity index (χ1n) is 11.8. The van der Waals surface area contributed by atoms with Gasteiger partial charge in [-0.05, 0) is 118 Å². The average Bonchev–Trinajstić information content (AvgIpc) is 2.79. The Labute approximate surface area is 200 Å². The van der Waals surface area contributed by atoms with Crippen molar-refractivity contribution >= 4 is 5.97 Å². The fraction of sp³-hybridized carbons (Fsp3) is 0.519. The standard InChI is InChI=1S/C23H25F2NO3.C4H10O/c1-12-15-6-7-26-11-19(15)14(3)22(18(12)10-21(27)29-25)17-9-20(24)23-16(13(17)2)5-4-8-28-23;1-4(2,3)5/h9,26H,4-8,10-11H2,1-3H3;5H,1-3H3. The maximum absolute atomic E-state index is 14.9. The second-order valence-corrected chi connectivity index (χ2v) is 10.1. The number of aliphatic hydroxyl groups is 1. The van der Waals surface area contributed by atoms with E-state index in [1.807, 2.05) is 20.8 Å². The lowest BCUT2D eigenvalue weighted by atomic mass is 9.79. The minimum Gasteiger partial charge on any atom is -0.490 e. The molecule has 2 aliphatic heterocycles. The molecule has 0 fully saturated rings. The van der Waals surface area contributed by atoms with Gasteiger partial charge < -0.3 is 15.2 Å². The summed E-state index contributed by atoms with van der Waals surface area (Å²) in [6.07, 6.45) is 2.24. The molecule has 4 rings (SSSR count). The van der Waals surface area contributed by atoms with Crippen molar-refractivity contribution in [2.45, 2.75) is 79.4 Å². The number of halogens is 2. The summed E-state index contributed by atoms with van der Waals surface area (Å²) in [7, 11) is 0. The predicted octanol–water partition coefficient (Wildman–Crippen LogP) is 5.14. The molecule has 186 valence electrons. The van der Waals surface area contributed by atoms with Gasteiger partial charge in [-0.3, -0.25) is 4.94 Å². The number of hydrogen-bond acceptors (Lipinski definition) is 5. The van der Waals surface area contributed by atoms with Gasteiger partial charge in [-0.2, -0.15) is 0 Å². The van der Waals surface area contributed by atoms with Crippen LogP contribution in [0.5, 0.6) is 5.75 Å². The van der Waals surface area contributed by atoms with Crippen LogP contribution in [0.15, 0.2) is 6.07 Å². The van der Waals surface area contributed by atoms with Gasteiger partial charge in [-0.15, -0.1) is 0 Å². The van der Waals surface area contributed by atoms with Crippen molar-refractivity contribution in [2.24, 2.45) is 0 Å². The summed E-state index contributed by atoms with van der Waals surface area (Å²) < 4.78 is 33.1. The summed E-state index contributed by atoms with van der Waals surface area (Å²) in [6, 6.07) is 1.49. The third-order valence-corrected chi connectivity index (χ3v) is 6.37. The summed E-state index contributed by atoms with van der Waals surface area (Å²) in [5, 5.41) is 11.9. The first kappa shape index (κ1) is 26.1. The molecule has 0 saturated heterocycles. The average molecular weight is 476 g/mol. The monoisotopic (exact) mass is 475 g/mol. The van der Waals surface area contributed by atoms with Crippen LogP contribution in [0.4, 0.5) is 8.92 Å². The highest BCUT2D eigenvalue weighted by atomic mass is 19.3. The number of carbonyl (C=O) groups excluding carboxylic acids is 1. The summed E-state index contributed by atoms with van der Waals surface area (Å²) in [4.78, 5) is 15.4. The second kappa shape index (κ2) is 10.4. The molecule has 0 unspecified atom stereocenters. The Morgan fingerprint density at radius 3 is 2.44 bits per heavy atom. The highest BCUT2D eigenvalue weighted by Gasteiger charge is 2.27. The Balaban J connectivity index is 0.000000588. The number of carbonyl (C=O) groups is 1. The molecule has 0 spiro atoms. The van der Waals surface area contributed by atoms with E-state index in [1.54, 1.807) is 20.8 Å². The highest BCUT2D eigenvalue weighted by Crippen LogP contribution is 2.42. The van der Waals surface area contributed by atoms with Crippen molar-refractivity contribution in [3.8, 4) is 16.9 Å². The first-order valence-corrected chi connectivity index (χ1v) is 11.8. The van der Waals surface area contributed by atoms with E-state index < -0.39 is 17.4 Å². The summed E-state index contributed by atoms with van der Waals surface area (Å²) >= 11 is 0. The molecule has 2 N–H and O–H groups in total. The van der Waals surface area contributed by atoms with Gasteiger partial charge in [0.05, 0.1) is 18.6 Å². The van der Waals surface area contributed by atoms with E-state index in [1.165, 1.54) is 17.2 Å². The van der Waals surface area contributed by atoms with Crippen LogP contribution < -0.4 is 10.1 Å². The van der Waals surface area contributed by atoms with E-state index in [0.29, 0.717) is 17.9 Å². The molecule has 0 atom stereocenters. The van der Waals surface area contributed by atoms with E-state index >= 15 is 0 Å². The Kier molecular flexibility index (Phi) is 7.98. The molecule has 0 radical (unpaired) electrons. The van der Waals surface area contributed by atoms with Crippen molar-refractivity contribution in [1.29, 1.82) is 0 Å². The van der Waals surface area contributed by atoms with Crippen LogP contribution in [0.1, 0.15) is 66.1 Å². The quantitative estimate of drug-likeness (QED) is 0.644. The largest absolute Gasteiger partial charge is 0.490 e. The zero-order chi connectivity index (χ0) is 25.2. The van der Waals surface area contributed by atoms with Crippen LogP contribution in [0, 0.1) is 26.6 Å². The predicted molar refractivity (Wildman–Crippen MR) is 128 cm³/mol. The summed E-state index contributed by atoms with van der Waals surface area (Å²) in [5.41, 5.74) is 7.90. The lowest BCUT2D eigenvalue weighted by molar-refractivity contribution is -0.182. The third-order valence-electron chi connectivity index (χ3n) is 6.37. The zero-order valence-corrected chi connectivity index (χ0v) is 21.0. The van der Waals surface area contributed by atoms with E-state index in [2.05, 4.69) is 10.3 Å². The van der Waals surface area contributed by atoms with Crippen LogP contribution in [-0.4, -0.2) is 29.8 Å². The van der Waals surface area contributed by atoms with Crippen molar-refractivity contribution in [3.05, 3.63) is 50.8 Å². The molecule has 0 aromatic heterocycles. The number of benzene rings is 2. The Morgan fingerprint density at radius 2 is 1.79 bits per heavy atom. The molecule has 2 aliphatic rings. The fourth-order valence-corrected chi connectivity index (χ4v) is 4.88. The Hall–Kier alpha value is -2.51. The molecule has 0 saturated carbocycles. The number of fused-ring (bicyclic) bond motifs is 2. The number of rotatable bonds is 3. The fourth-order valence-electron chi connectivity index (χ4n) is 4.88. The van der Waals surface area contributed by atoms with Gasteiger partial charge in [0.25, 0.3) is 0 Å². The lowest BCUT2D eigenvalue weighted by Gasteiger charge is -2.29. The summed E-state index contributed by atoms with van der Waals surface area (Å²) in [5.74, 6) is -1.01. The van der Waals surface area contributed by atoms with Gasteiger partial charge in [-0.25, -0.2) is 9.18 Å². The van der Waals surface area contributed by atoms with E-state index in [4.69, 9.17) is 9.84 Å². The normalized spacial score (nSPS) is 14.9. The second-order valence-electron chi connectivity index (χ2n) is 10.1. The molecular weight excluding hydrogens is 440 g/mol. The molecular formula is C27H35F2NO4. The van der Waals surface area contributed by atoms with Crippen LogP contribution in [0.2, 0.25) is 0 Å². The van der Waals surface area contributed by atoms with Gasteiger partial charge >= 0.3 is 5.97 Å². The minimum atomic E-state index is -0.943. The van der Waals surface area contributed by atoms with Crippen LogP contribution >= 0.6 is 0 Å². The van der Waals surface area contributed by atoms with Crippen molar-refractivity contribution in [3.63, 3.8) is 0 Å². The molecule has 2 aromatic rings. The molecule has 34 heavy (non-hydrogen) atoms. The van der Waals surface area contributed by atoms with Crippen LogP contribution in [0.25, 0.3) is 11.1 Å². The lowest BCUT2D eigenvalue weighted by Crippen LogP contribution is -2.26. The van der Waals surface area contributed by atoms with Crippen molar-refractivity contribution in [2.75, 3.05) is 13.2 Å². The van der Waals surface area contributed by atoms with Crippen LogP contribution in [-0.2, 0) is 35.5 Å². The number of ether oxygens (including phenoxy) is 1. The smallest absolute Gasteiger partial charge is 0.353 e. The molecule has 2 aromatic carbocycles. The van der Waals surface area contributed by atoms with E-state index in [0.717, 1.165) is 65.7 Å². The Bertz CT molecular complexity index is 1080. The van der Waals surface area contributed by atoms with E-state index in [9.17, 15) is 13.7 Å². The number of nitrogens with one attached hydrogen (secondary N) is 1. The summed E-state index contributed by atoms with van der Waals surface area (Å²) in [6.45, 7) is 13.2. The Morgan fingerprint density at radius 1 is 1.12 bits per heavy atom. The molecule has 5 nitrogen and oxygen atoms in total. The van der Waals surface area contributed by atoms with Crippen molar-refractivity contribution in [1.82, 2.24) is 5.32 Å². The third kappa shape index (κ3) is 5.58. The van der Waals surface area contributed by atoms with Gasteiger partial charge in [-0.1, -0.05) is 0 Å². The topological polar surface area (TPSA) is 67.8 Å². The van der Waals surface area contributed by atoms with Gasteiger partial charge in [0.1, 0.15) is 0 Å². The molecule has 0 bridgehead atoms. The molecule has 7 heteroatoms. The number of hydrogen-bond donors (Lipinski definition) is 2. The van der Waals surface area contributed by atoms with Crippen LogP contribution in [0.3, 0.4) is 0 Å². The molecule has 0 amide bonds. The molecule has 2 heterocycles. The van der Waals surface area contributed by atoms with Crippen molar-refractivity contribution < 1.29 is 28.5 Å². The first-order chi connectivity index (χ1) is 15.9. The maximum atomic E-state index is 14.9. The maximum Gasteiger partial charge on any atom is 0.353 e. The van der Waals surface area contributed by atoms with Gasteiger partial charge in [0.2, 0.25) is 0 Å². The van der Waals surface area contributed by atoms with E-state index in [-0.39, 0.29) is 6.42 Å². The van der Waals surface area contributed by atoms with Gasteiger partial charge in [0.15, 0.2) is 11.6 Å². The SMILES string of the molecule is CC(C)(C)O.Cc1c(-c2c(C)c3c(c(C)c2CC(=O)OF)CCNC3)cc(F)c2c1CCCO2. The van der Waals surface area contributed by atoms with Gasteiger partial charge in [0, 0.05) is 16.6 Å². The highest BCUT2D eigenvalue weighted by molar-refractivity contribution is 5.84.